The molecule has 2 heterocycles. The summed E-state index contributed by atoms with van der Waals surface area (Å²) in [6, 6.07) is 4.41. The first-order valence-corrected chi connectivity index (χ1v) is 7.02. The van der Waals surface area contributed by atoms with Crippen molar-refractivity contribution in [2.45, 2.75) is 6.04 Å². The molecule has 1 aliphatic heterocycles. The van der Waals surface area contributed by atoms with Crippen LogP contribution >= 0.6 is 23.2 Å². The summed E-state index contributed by atoms with van der Waals surface area (Å²) >= 11 is 11.8. The van der Waals surface area contributed by atoms with Crippen LogP contribution in [0.3, 0.4) is 0 Å². The standard InChI is InChI=1S/C13H11Cl2N3O3/c14-9-2-1-8(5-10(9)15)13(19)18-3-4-20-6-11(18)12-16-7-21-17-12/h1-2,5,7,11H,3-4,6H2/t11-/m1/s1. The van der Waals surface area contributed by atoms with Crippen molar-refractivity contribution in [3.05, 3.63) is 46.0 Å². The van der Waals surface area contributed by atoms with E-state index in [0.717, 1.165) is 0 Å². The summed E-state index contributed by atoms with van der Waals surface area (Å²) in [6.45, 7) is 1.23. The van der Waals surface area contributed by atoms with E-state index in [4.69, 9.17) is 32.5 Å². The number of nitrogens with zero attached hydrogens (tertiary/aromatic N) is 3. The summed E-state index contributed by atoms with van der Waals surface area (Å²) in [5, 5.41) is 4.54. The van der Waals surface area contributed by atoms with Crippen molar-refractivity contribution >= 4 is 29.1 Å². The van der Waals surface area contributed by atoms with Crippen LogP contribution in [-0.2, 0) is 4.74 Å². The van der Waals surface area contributed by atoms with Gasteiger partial charge in [-0.05, 0) is 18.2 Å². The average Bonchev–Trinajstić information content (AvgIpc) is 3.03. The minimum Gasteiger partial charge on any atom is -0.377 e. The molecule has 3 rings (SSSR count). The summed E-state index contributed by atoms with van der Waals surface area (Å²) < 4.78 is 10.1. The second kappa shape index (κ2) is 6.01. The SMILES string of the molecule is O=C(c1ccc(Cl)c(Cl)c1)N1CCOC[C@@H]1c1ncon1. The van der Waals surface area contributed by atoms with Crippen molar-refractivity contribution < 1.29 is 14.1 Å². The van der Waals surface area contributed by atoms with Crippen LogP contribution in [0.4, 0.5) is 0 Å². The first-order valence-electron chi connectivity index (χ1n) is 6.27. The molecular weight excluding hydrogens is 317 g/mol. The highest BCUT2D eigenvalue weighted by atomic mass is 35.5. The molecule has 0 radical (unpaired) electrons. The highest BCUT2D eigenvalue weighted by molar-refractivity contribution is 6.42. The van der Waals surface area contributed by atoms with Crippen molar-refractivity contribution in [3.8, 4) is 0 Å². The van der Waals surface area contributed by atoms with E-state index in [0.29, 0.717) is 41.2 Å². The zero-order chi connectivity index (χ0) is 14.8. The van der Waals surface area contributed by atoms with Gasteiger partial charge in [-0.15, -0.1) is 0 Å². The average molecular weight is 328 g/mol. The van der Waals surface area contributed by atoms with Crippen molar-refractivity contribution in [1.29, 1.82) is 0 Å². The molecule has 2 aromatic rings. The maximum Gasteiger partial charge on any atom is 0.254 e. The highest BCUT2D eigenvalue weighted by Gasteiger charge is 2.32. The van der Waals surface area contributed by atoms with Crippen molar-refractivity contribution in [3.63, 3.8) is 0 Å². The Kier molecular flexibility index (Phi) is 4.10. The fourth-order valence-corrected chi connectivity index (χ4v) is 2.48. The lowest BCUT2D eigenvalue weighted by molar-refractivity contribution is -0.00576. The molecular formula is C13H11Cl2N3O3. The van der Waals surface area contributed by atoms with Crippen LogP contribution in [0.1, 0.15) is 22.2 Å². The van der Waals surface area contributed by atoms with Crippen molar-refractivity contribution in [1.82, 2.24) is 15.0 Å². The number of amides is 1. The van der Waals surface area contributed by atoms with E-state index in [1.165, 1.54) is 6.39 Å². The molecule has 110 valence electrons. The van der Waals surface area contributed by atoms with Crippen LogP contribution in [0.15, 0.2) is 29.1 Å². The summed E-state index contributed by atoms with van der Waals surface area (Å²) in [5.74, 6) is 0.245. The molecule has 8 heteroatoms. The predicted molar refractivity (Wildman–Crippen MR) is 75.4 cm³/mol. The van der Waals surface area contributed by atoms with Gasteiger partial charge < -0.3 is 14.2 Å². The van der Waals surface area contributed by atoms with Gasteiger partial charge in [-0.25, -0.2) is 0 Å². The number of hydrogen-bond donors (Lipinski definition) is 0. The molecule has 0 N–H and O–H groups in total. The number of carbonyl (C=O) groups excluding carboxylic acids is 1. The summed E-state index contributed by atoms with van der Waals surface area (Å²) in [4.78, 5) is 18.3. The third-order valence-corrected chi connectivity index (χ3v) is 3.97. The molecule has 6 nitrogen and oxygen atoms in total. The smallest absolute Gasteiger partial charge is 0.254 e. The van der Waals surface area contributed by atoms with Gasteiger partial charge >= 0.3 is 0 Å². The first kappa shape index (κ1) is 14.3. The van der Waals surface area contributed by atoms with Gasteiger partial charge in [-0.2, -0.15) is 4.98 Å². The maximum absolute atomic E-state index is 12.7. The molecule has 1 atom stereocenters. The Hall–Kier alpha value is -1.63. The van der Waals surface area contributed by atoms with E-state index in [1.54, 1.807) is 23.1 Å². The molecule has 0 bridgehead atoms. The number of aromatic nitrogens is 2. The van der Waals surface area contributed by atoms with Gasteiger partial charge in [0.1, 0.15) is 6.04 Å². The number of halogens is 2. The third-order valence-electron chi connectivity index (χ3n) is 3.23. The van der Waals surface area contributed by atoms with Gasteiger partial charge in [0.15, 0.2) is 5.82 Å². The van der Waals surface area contributed by atoms with Gasteiger partial charge in [0.2, 0.25) is 6.39 Å². The van der Waals surface area contributed by atoms with E-state index in [2.05, 4.69) is 10.1 Å². The number of morpholine rings is 1. The molecule has 1 aromatic heterocycles. The Labute approximate surface area is 130 Å². The van der Waals surface area contributed by atoms with Crippen LogP contribution in [0.5, 0.6) is 0 Å². The fourth-order valence-electron chi connectivity index (χ4n) is 2.18. The summed E-state index contributed by atoms with van der Waals surface area (Å²) in [6.07, 6.45) is 1.23. The van der Waals surface area contributed by atoms with Gasteiger partial charge in [-0.3, -0.25) is 4.79 Å². The number of carbonyl (C=O) groups is 1. The summed E-state index contributed by atoms with van der Waals surface area (Å²) in [5.41, 5.74) is 0.458. The molecule has 1 fully saturated rings. The second-order valence-electron chi connectivity index (χ2n) is 4.51. The zero-order valence-corrected chi connectivity index (χ0v) is 12.3. The van der Waals surface area contributed by atoms with Crippen LogP contribution in [0.2, 0.25) is 10.0 Å². The predicted octanol–water partition coefficient (Wildman–Crippen LogP) is 2.59. The molecule has 21 heavy (non-hydrogen) atoms. The molecule has 1 amide bonds. The molecule has 1 saturated heterocycles. The van der Waals surface area contributed by atoms with Crippen molar-refractivity contribution in [2.24, 2.45) is 0 Å². The molecule has 0 spiro atoms. The Morgan fingerprint density at radius 2 is 2.19 bits per heavy atom. The molecule has 0 saturated carbocycles. The largest absolute Gasteiger partial charge is 0.377 e. The van der Waals surface area contributed by atoms with Crippen molar-refractivity contribution in [2.75, 3.05) is 19.8 Å². The van der Waals surface area contributed by atoms with E-state index in [-0.39, 0.29) is 11.9 Å². The summed E-state index contributed by atoms with van der Waals surface area (Å²) in [7, 11) is 0. The third kappa shape index (κ3) is 2.88. The monoisotopic (exact) mass is 327 g/mol. The van der Waals surface area contributed by atoms with Crippen LogP contribution in [0, 0.1) is 0 Å². The minimum absolute atomic E-state index is 0.174. The van der Waals surface area contributed by atoms with E-state index >= 15 is 0 Å². The fraction of sp³-hybridized carbons (Fsp3) is 0.308. The van der Waals surface area contributed by atoms with Crippen LogP contribution in [0.25, 0.3) is 0 Å². The topological polar surface area (TPSA) is 68.5 Å². The maximum atomic E-state index is 12.7. The Morgan fingerprint density at radius 1 is 1.33 bits per heavy atom. The van der Waals surface area contributed by atoms with E-state index < -0.39 is 0 Å². The molecule has 1 aliphatic rings. The van der Waals surface area contributed by atoms with Gasteiger partial charge in [-0.1, -0.05) is 28.4 Å². The normalized spacial score (nSPS) is 18.8. The number of ether oxygens (including phenoxy) is 1. The molecule has 0 aliphatic carbocycles. The number of rotatable bonds is 2. The van der Waals surface area contributed by atoms with E-state index in [9.17, 15) is 4.79 Å². The van der Waals surface area contributed by atoms with Crippen LogP contribution < -0.4 is 0 Å². The van der Waals surface area contributed by atoms with E-state index in [1.807, 2.05) is 0 Å². The Bertz CT molecular complexity index is 648. The first-order chi connectivity index (χ1) is 10.2. The highest BCUT2D eigenvalue weighted by Crippen LogP contribution is 2.27. The Morgan fingerprint density at radius 3 is 2.90 bits per heavy atom. The molecule has 1 aromatic carbocycles. The molecule has 0 unspecified atom stereocenters. The van der Waals surface area contributed by atoms with Gasteiger partial charge in [0.05, 0.1) is 23.3 Å². The minimum atomic E-state index is -0.376. The lowest BCUT2D eigenvalue weighted by Crippen LogP contribution is -2.43. The van der Waals surface area contributed by atoms with Gasteiger partial charge in [0, 0.05) is 12.1 Å². The lowest BCUT2D eigenvalue weighted by Gasteiger charge is -2.33. The second-order valence-corrected chi connectivity index (χ2v) is 5.32. The lowest BCUT2D eigenvalue weighted by atomic mass is 10.1. The van der Waals surface area contributed by atoms with Gasteiger partial charge in [0.25, 0.3) is 5.91 Å². The quantitative estimate of drug-likeness (QED) is 0.848. The van der Waals surface area contributed by atoms with Crippen LogP contribution in [-0.4, -0.2) is 40.7 Å². The number of benzene rings is 1. The zero-order valence-electron chi connectivity index (χ0n) is 10.8. The number of hydrogen-bond acceptors (Lipinski definition) is 5. The Balaban J connectivity index is 1.89.